The quantitative estimate of drug-likeness (QED) is 0.569. The van der Waals surface area contributed by atoms with E-state index in [4.69, 9.17) is 9.26 Å². The molecular formula is C21H20N4O3. The lowest BCUT2D eigenvalue weighted by Gasteiger charge is -2.08. The van der Waals surface area contributed by atoms with Gasteiger partial charge in [-0.1, -0.05) is 29.4 Å². The van der Waals surface area contributed by atoms with E-state index >= 15 is 0 Å². The maximum absolute atomic E-state index is 12.8. The molecular weight excluding hydrogens is 356 g/mol. The molecule has 2 aromatic carbocycles. The Balaban J connectivity index is 1.55. The summed E-state index contributed by atoms with van der Waals surface area (Å²) in [7, 11) is 1.85. The van der Waals surface area contributed by atoms with Crippen molar-refractivity contribution in [1.29, 1.82) is 0 Å². The number of anilines is 1. The minimum atomic E-state index is -0.391. The first-order valence-electron chi connectivity index (χ1n) is 8.90. The van der Waals surface area contributed by atoms with Gasteiger partial charge in [0.1, 0.15) is 18.1 Å². The molecule has 0 saturated carbocycles. The van der Waals surface area contributed by atoms with Crippen molar-refractivity contribution in [3.8, 4) is 5.75 Å². The van der Waals surface area contributed by atoms with Crippen LogP contribution in [-0.2, 0) is 13.7 Å². The summed E-state index contributed by atoms with van der Waals surface area (Å²) in [5.41, 5.74) is 3.63. The van der Waals surface area contributed by atoms with Crippen LogP contribution in [0.5, 0.6) is 5.75 Å². The number of ether oxygens (including phenoxy) is 1. The van der Waals surface area contributed by atoms with Gasteiger partial charge in [0.25, 0.3) is 5.91 Å². The van der Waals surface area contributed by atoms with E-state index in [1.807, 2.05) is 67.1 Å². The monoisotopic (exact) mass is 376 g/mol. The molecule has 2 aromatic heterocycles. The van der Waals surface area contributed by atoms with Crippen molar-refractivity contribution >= 4 is 22.9 Å². The molecule has 2 heterocycles. The third-order valence-corrected chi connectivity index (χ3v) is 4.58. The third kappa shape index (κ3) is 3.34. The van der Waals surface area contributed by atoms with Gasteiger partial charge in [-0.05, 0) is 43.7 Å². The number of rotatable bonds is 5. The van der Waals surface area contributed by atoms with Crippen LogP contribution in [0.4, 0.5) is 5.95 Å². The Morgan fingerprint density at radius 1 is 1.18 bits per heavy atom. The van der Waals surface area contributed by atoms with Crippen molar-refractivity contribution < 1.29 is 14.1 Å². The molecule has 0 fully saturated rings. The van der Waals surface area contributed by atoms with E-state index in [-0.39, 0.29) is 12.3 Å². The summed E-state index contributed by atoms with van der Waals surface area (Å²) < 4.78 is 12.9. The Labute approximate surface area is 161 Å². The molecule has 0 bridgehead atoms. The van der Waals surface area contributed by atoms with Crippen molar-refractivity contribution in [2.75, 3.05) is 5.32 Å². The van der Waals surface area contributed by atoms with E-state index in [0.717, 1.165) is 22.3 Å². The van der Waals surface area contributed by atoms with E-state index < -0.39 is 5.91 Å². The van der Waals surface area contributed by atoms with Crippen LogP contribution in [0.1, 0.15) is 27.4 Å². The summed E-state index contributed by atoms with van der Waals surface area (Å²) in [4.78, 5) is 17.3. The van der Waals surface area contributed by atoms with Crippen LogP contribution in [0.25, 0.3) is 11.0 Å². The minimum Gasteiger partial charge on any atom is -0.489 e. The van der Waals surface area contributed by atoms with Gasteiger partial charge >= 0.3 is 0 Å². The zero-order valence-electron chi connectivity index (χ0n) is 15.9. The normalized spacial score (nSPS) is 11.0. The Morgan fingerprint density at radius 3 is 2.79 bits per heavy atom. The maximum atomic E-state index is 12.8. The number of hydrogen-bond donors (Lipinski definition) is 1. The van der Waals surface area contributed by atoms with Crippen LogP contribution < -0.4 is 10.1 Å². The summed E-state index contributed by atoms with van der Waals surface area (Å²) in [6.45, 7) is 3.94. The van der Waals surface area contributed by atoms with Crippen molar-refractivity contribution in [1.82, 2.24) is 14.7 Å². The summed E-state index contributed by atoms with van der Waals surface area (Å²) in [5, 5.41) is 6.73. The molecule has 0 saturated heterocycles. The van der Waals surface area contributed by atoms with E-state index in [1.54, 1.807) is 6.92 Å². The number of amides is 1. The number of fused-ring (bicyclic) bond motifs is 1. The number of carbonyl (C=O) groups excluding carboxylic acids is 1. The lowest BCUT2D eigenvalue weighted by molar-refractivity contribution is 0.101. The molecule has 0 unspecified atom stereocenters. The Hall–Kier alpha value is -3.61. The summed E-state index contributed by atoms with van der Waals surface area (Å²) in [6, 6.07) is 15.4. The van der Waals surface area contributed by atoms with Gasteiger partial charge in [0.2, 0.25) is 5.95 Å². The minimum absolute atomic E-state index is 0.185. The van der Waals surface area contributed by atoms with Crippen LogP contribution in [0.3, 0.4) is 0 Å². The lowest BCUT2D eigenvalue weighted by atomic mass is 10.2. The van der Waals surface area contributed by atoms with Gasteiger partial charge in [0.05, 0.1) is 16.6 Å². The highest BCUT2D eigenvalue weighted by Gasteiger charge is 2.22. The highest BCUT2D eigenvalue weighted by molar-refractivity contribution is 6.03. The number of benzene rings is 2. The average Bonchev–Trinajstić information content (AvgIpc) is 3.20. The Kier molecular flexibility index (Phi) is 4.57. The average molecular weight is 376 g/mol. The summed E-state index contributed by atoms with van der Waals surface area (Å²) >= 11 is 0. The van der Waals surface area contributed by atoms with Crippen molar-refractivity contribution in [3.05, 3.63) is 71.1 Å². The molecule has 4 rings (SSSR count). The zero-order valence-corrected chi connectivity index (χ0v) is 15.9. The molecule has 1 N–H and O–H groups in total. The summed E-state index contributed by atoms with van der Waals surface area (Å²) in [5.74, 6) is 1.32. The topological polar surface area (TPSA) is 82.2 Å². The number of hydrogen-bond acceptors (Lipinski definition) is 5. The molecule has 0 spiro atoms. The van der Waals surface area contributed by atoms with Crippen molar-refractivity contribution in [2.24, 2.45) is 7.05 Å². The highest BCUT2D eigenvalue weighted by atomic mass is 16.5. The first kappa shape index (κ1) is 17.8. The molecule has 28 heavy (non-hydrogen) atoms. The number of imidazole rings is 1. The SMILES string of the molecule is Cc1cccc(OCc2c(C(=O)Nc3nc4ccccc4n3C)noc2C)c1. The highest BCUT2D eigenvalue weighted by Crippen LogP contribution is 2.21. The molecule has 0 radical (unpaired) electrons. The summed E-state index contributed by atoms with van der Waals surface area (Å²) in [6.07, 6.45) is 0. The van der Waals surface area contributed by atoms with Crippen molar-refractivity contribution in [2.45, 2.75) is 20.5 Å². The van der Waals surface area contributed by atoms with Crippen LogP contribution in [0, 0.1) is 13.8 Å². The van der Waals surface area contributed by atoms with E-state index in [1.165, 1.54) is 0 Å². The fraction of sp³-hybridized carbons (Fsp3) is 0.190. The van der Waals surface area contributed by atoms with Gasteiger partial charge in [-0.15, -0.1) is 0 Å². The molecule has 0 aliphatic rings. The Morgan fingerprint density at radius 2 is 2.00 bits per heavy atom. The second kappa shape index (κ2) is 7.19. The largest absolute Gasteiger partial charge is 0.489 e. The predicted octanol–water partition coefficient (Wildman–Crippen LogP) is 4.01. The maximum Gasteiger partial charge on any atom is 0.280 e. The van der Waals surface area contributed by atoms with Gasteiger partial charge in [0.15, 0.2) is 5.69 Å². The molecule has 1 amide bonds. The van der Waals surface area contributed by atoms with Gasteiger partial charge in [0, 0.05) is 7.05 Å². The molecule has 0 aliphatic carbocycles. The lowest BCUT2D eigenvalue weighted by Crippen LogP contribution is -2.17. The molecule has 4 aromatic rings. The standard InChI is InChI=1S/C21H20N4O3/c1-13-7-6-8-15(11-13)27-12-16-14(2)28-24-19(16)20(26)23-21-22-17-9-4-5-10-18(17)25(21)3/h4-11H,12H2,1-3H3,(H,22,23,26). The number of nitrogens with zero attached hydrogens (tertiary/aromatic N) is 3. The molecule has 0 aliphatic heterocycles. The van der Waals surface area contributed by atoms with Crippen LogP contribution in [-0.4, -0.2) is 20.6 Å². The molecule has 142 valence electrons. The predicted molar refractivity (Wildman–Crippen MR) is 105 cm³/mol. The molecule has 7 nitrogen and oxygen atoms in total. The van der Waals surface area contributed by atoms with Crippen molar-refractivity contribution in [3.63, 3.8) is 0 Å². The zero-order chi connectivity index (χ0) is 19.7. The molecule has 0 atom stereocenters. The fourth-order valence-electron chi connectivity index (χ4n) is 3.02. The smallest absolute Gasteiger partial charge is 0.280 e. The second-order valence-corrected chi connectivity index (χ2v) is 6.61. The van der Waals surface area contributed by atoms with Gasteiger partial charge in [-0.2, -0.15) is 0 Å². The second-order valence-electron chi connectivity index (χ2n) is 6.61. The fourth-order valence-corrected chi connectivity index (χ4v) is 3.02. The van der Waals surface area contributed by atoms with Crippen LogP contribution in [0.2, 0.25) is 0 Å². The van der Waals surface area contributed by atoms with E-state index in [0.29, 0.717) is 17.3 Å². The number of carbonyl (C=O) groups is 1. The number of nitrogens with one attached hydrogen (secondary N) is 1. The first-order valence-corrected chi connectivity index (χ1v) is 8.90. The van der Waals surface area contributed by atoms with E-state index in [2.05, 4.69) is 15.5 Å². The van der Waals surface area contributed by atoms with Crippen LogP contribution >= 0.6 is 0 Å². The van der Waals surface area contributed by atoms with Gasteiger partial charge in [-0.25, -0.2) is 4.98 Å². The third-order valence-electron chi connectivity index (χ3n) is 4.58. The first-order chi connectivity index (χ1) is 13.5. The van der Waals surface area contributed by atoms with Gasteiger partial charge in [-0.3, -0.25) is 10.1 Å². The number of para-hydroxylation sites is 2. The number of aryl methyl sites for hydroxylation is 3. The Bertz CT molecular complexity index is 1160. The van der Waals surface area contributed by atoms with Gasteiger partial charge < -0.3 is 13.8 Å². The van der Waals surface area contributed by atoms with Crippen LogP contribution in [0.15, 0.2) is 53.1 Å². The molecule has 7 heteroatoms. The van der Waals surface area contributed by atoms with E-state index in [9.17, 15) is 4.79 Å². The number of aromatic nitrogens is 3.